The maximum absolute atomic E-state index is 14.0. The highest BCUT2D eigenvalue weighted by Gasteiger charge is 2.44. The number of nitriles is 1. The molecule has 0 bridgehead atoms. The van der Waals surface area contributed by atoms with E-state index in [1.54, 1.807) is 6.07 Å². The van der Waals surface area contributed by atoms with Gasteiger partial charge in [0.05, 0.1) is 34.6 Å². The molecule has 0 aliphatic carbocycles. The van der Waals surface area contributed by atoms with Gasteiger partial charge in [0, 0.05) is 23.7 Å². The van der Waals surface area contributed by atoms with Crippen molar-refractivity contribution in [2.75, 3.05) is 13.1 Å². The molecule has 0 N–H and O–H groups in total. The number of pyridine rings is 1. The lowest BCUT2D eigenvalue weighted by Crippen LogP contribution is -2.45. The molecule has 1 spiro atoms. The van der Waals surface area contributed by atoms with Gasteiger partial charge < -0.3 is 9.64 Å². The van der Waals surface area contributed by atoms with Gasteiger partial charge >= 0.3 is 6.18 Å². The second-order valence-electron chi connectivity index (χ2n) is 9.18. The molecule has 5 nitrogen and oxygen atoms in total. The molecule has 3 aromatic rings. The van der Waals surface area contributed by atoms with Crippen molar-refractivity contribution in [3.05, 3.63) is 87.1 Å². The summed E-state index contributed by atoms with van der Waals surface area (Å²) in [4.78, 5) is 18.7. The number of rotatable bonds is 3. The zero-order chi connectivity index (χ0) is 27.2. The van der Waals surface area contributed by atoms with Gasteiger partial charge in [-0.05, 0) is 54.3 Å². The Labute approximate surface area is 219 Å². The van der Waals surface area contributed by atoms with Crippen molar-refractivity contribution >= 4 is 17.5 Å². The van der Waals surface area contributed by atoms with Crippen molar-refractivity contribution in [1.82, 2.24) is 9.88 Å². The lowest BCUT2D eigenvalue weighted by atomic mass is 9.83. The molecule has 1 amide bonds. The molecular weight excluding hydrogens is 529 g/mol. The van der Waals surface area contributed by atoms with Gasteiger partial charge in [-0.1, -0.05) is 29.8 Å². The van der Waals surface area contributed by atoms with Crippen LogP contribution in [-0.2, 0) is 23.1 Å². The molecule has 0 unspecified atom stereocenters. The van der Waals surface area contributed by atoms with Crippen molar-refractivity contribution in [3.63, 3.8) is 0 Å². The molecule has 2 aliphatic heterocycles. The van der Waals surface area contributed by atoms with E-state index < -0.39 is 40.9 Å². The highest BCUT2D eigenvalue weighted by atomic mass is 35.5. The normalized spacial score (nSPS) is 16.5. The molecular formula is C27H19ClF5N3O2. The lowest BCUT2D eigenvalue weighted by molar-refractivity contribution is -0.137. The zero-order valence-corrected chi connectivity index (χ0v) is 20.4. The third-order valence-electron chi connectivity index (χ3n) is 7.02. The number of aromatic nitrogens is 1. The van der Waals surface area contributed by atoms with Crippen molar-refractivity contribution in [2.24, 2.45) is 0 Å². The Kier molecular flexibility index (Phi) is 6.61. The van der Waals surface area contributed by atoms with E-state index in [0.717, 1.165) is 41.5 Å². The van der Waals surface area contributed by atoms with Crippen LogP contribution in [0.15, 0.2) is 48.5 Å². The van der Waals surface area contributed by atoms with Crippen LogP contribution in [-0.4, -0.2) is 28.9 Å². The summed E-state index contributed by atoms with van der Waals surface area (Å²) in [5, 5.41) is 10.2. The van der Waals surface area contributed by atoms with Gasteiger partial charge in [0.25, 0.3) is 12.3 Å². The van der Waals surface area contributed by atoms with Gasteiger partial charge in [-0.2, -0.15) is 18.4 Å². The van der Waals surface area contributed by atoms with Gasteiger partial charge in [0.1, 0.15) is 11.8 Å². The van der Waals surface area contributed by atoms with E-state index in [1.165, 1.54) is 4.90 Å². The number of fused-ring (bicyclic) bond motifs is 2. The second-order valence-corrected chi connectivity index (χ2v) is 9.62. The standard InChI is InChI=1S/C27H19ClF5N3O2/c28-19-5-6-21-17(11-19)14-38-26(21)7-9-36(10-8-26)25(37)20-12-16(13-34)22(35-23(20)24(29)30)15-1-3-18(4-2-15)27(31,32)33/h1-6,11-12,24H,7-10,14H2. The first-order chi connectivity index (χ1) is 18.0. The summed E-state index contributed by atoms with van der Waals surface area (Å²) in [5.41, 5.74) is -1.17. The lowest BCUT2D eigenvalue weighted by Gasteiger charge is -2.39. The first kappa shape index (κ1) is 26.1. The number of hydrogen-bond acceptors (Lipinski definition) is 4. The molecule has 1 saturated heterocycles. The Balaban J connectivity index is 1.43. The minimum atomic E-state index is -4.58. The first-order valence-electron chi connectivity index (χ1n) is 11.7. The van der Waals surface area contributed by atoms with Crippen LogP contribution >= 0.6 is 11.6 Å². The number of hydrogen-bond donors (Lipinski definition) is 0. The number of nitrogens with zero attached hydrogens (tertiary/aromatic N) is 3. The van der Waals surface area contributed by atoms with Crippen molar-refractivity contribution in [2.45, 2.75) is 37.7 Å². The Hall–Kier alpha value is -3.55. The zero-order valence-electron chi connectivity index (χ0n) is 19.7. The molecule has 38 heavy (non-hydrogen) atoms. The smallest absolute Gasteiger partial charge is 0.365 e. The summed E-state index contributed by atoms with van der Waals surface area (Å²) in [6.07, 6.45) is -6.85. The number of carbonyl (C=O) groups is 1. The fraction of sp³-hybridized carbons (Fsp3) is 0.296. The third kappa shape index (κ3) is 4.61. The van der Waals surface area contributed by atoms with Crippen LogP contribution in [0.3, 0.4) is 0 Å². The quantitative estimate of drug-likeness (QED) is 0.335. The summed E-state index contributed by atoms with van der Waals surface area (Å²) in [5.74, 6) is -0.701. The maximum Gasteiger partial charge on any atom is 0.416 e. The SMILES string of the molecule is N#Cc1cc(C(=O)N2CCC3(CC2)OCc2cc(Cl)ccc23)c(C(F)F)nc1-c1ccc(C(F)(F)F)cc1. The van der Waals surface area contributed by atoms with E-state index in [-0.39, 0.29) is 29.9 Å². The van der Waals surface area contributed by atoms with Gasteiger partial charge in [-0.15, -0.1) is 0 Å². The van der Waals surface area contributed by atoms with Crippen LogP contribution in [0.4, 0.5) is 22.0 Å². The van der Waals surface area contributed by atoms with E-state index in [1.807, 2.05) is 18.2 Å². The van der Waals surface area contributed by atoms with Crippen molar-refractivity contribution in [3.8, 4) is 17.3 Å². The maximum atomic E-state index is 14.0. The predicted molar refractivity (Wildman–Crippen MR) is 127 cm³/mol. The van der Waals surface area contributed by atoms with Gasteiger partial charge in [0.2, 0.25) is 0 Å². The number of amides is 1. The molecule has 11 heteroatoms. The highest BCUT2D eigenvalue weighted by Crippen LogP contribution is 2.45. The third-order valence-corrected chi connectivity index (χ3v) is 7.25. The molecule has 3 heterocycles. The summed E-state index contributed by atoms with van der Waals surface area (Å²) >= 11 is 6.08. The molecule has 1 fully saturated rings. The topological polar surface area (TPSA) is 66.2 Å². The molecule has 0 radical (unpaired) electrons. The Morgan fingerprint density at radius 3 is 2.39 bits per heavy atom. The number of ether oxygens (including phenoxy) is 1. The first-order valence-corrected chi connectivity index (χ1v) is 12.0. The van der Waals surface area contributed by atoms with Crippen LogP contribution in [0.1, 0.15) is 57.6 Å². The monoisotopic (exact) mass is 547 g/mol. The number of halogens is 6. The highest BCUT2D eigenvalue weighted by molar-refractivity contribution is 6.30. The van der Waals surface area contributed by atoms with Gasteiger partial charge in [-0.3, -0.25) is 4.79 Å². The molecule has 0 saturated carbocycles. The summed E-state index contributed by atoms with van der Waals surface area (Å²) in [7, 11) is 0. The Morgan fingerprint density at radius 1 is 1.11 bits per heavy atom. The number of alkyl halides is 5. The molecule has 2 aliphatic rings. The van der Waals surface area contributed by atoms with E-state index in [2.05, 4.69) is 4.98 Å². The summed E-state index contributed by atoms with van der Waals surface area (Å²) in [6, 6.07) is 12.0. The molecule has 1 aromatic heterocycles. The number of likely N-dealkylation sites (tertiary alicyclic amines) is 1. The fourth-order valence-corrected chi connectivity index (χ4v) is 5.26. The molecule has 2 aromatic carbocycles. The molecule has 0 atom stereocenters. The van der Waals surface area contributed by atoms with Crippen LogP contribution in [0.2, 0.25) is 5.02 Å². The van der Waals surface area contributed by atoms with Crippen LogP contribution < -0.4 is 0 Å². The predicted octanol–water partition coefficient (Wildman–Crippen LogP) is 6.89. The van der Waals surface area contributed by atoms with Crippen LogP contribution in [0, 0.1) is 11.3 Å². The Morgan fingerprint density at radius 2 is 1.79 bits per heavy atom. The summed E-state index contributed by atoms with van der Waals surface area (Å²) in [6.45, 7) is 0.846. The van der Waals surface area contributed by atoms with Crippen molar-refractivity contribution < 1.29 is 31.5 Å². The number of piperidine rings is 1. The van der Waals surface area contributed by atoms with Gasteiger partial charge in [0.15, 0.2) is 0 Å². The van der Waals surface area contributed by atoms with Crippen LogP contribution in [0.25, 0.3) is 11.3 Å². The minimum Gasteiger partial charge on any atom is -0.365 e. The second kappa shape index (κ2) is 9.64. The molecule has 5 rings (SSSR count). The minimum absolute atomic E-state index is 0.0486. The summed E-state index contributed by atoms with van der Waals surface area (Å²) < 4.78 is 72.9. The fourth-order valence-electron chi connectivity index (χ4n) is 5.06. The molecule has 196 valence electrons. The largest absolute Gasteiger partial charge is 0.416 e. The average Bonchev–Trinajstić information content (AvgIpc) is 3.24. The Bertz CT molecular complexity index is 1440. The number of carbonyl (C=O) groups excluding carboxylic acids is 1. The van der Waals surface area contributed by atoms with E-state index in [0.29, 0.717) is 24.5 Å². The number of benzene rings is 2. The van der Waals surface area contributed by atoms with Crippen LogP contribution in [0.5, 0.6) is 0 Å². The van der Waals surface area contributed by atoms with E-state index >= 15 is 0 Å². The van der Waals surface area contributed by atoms with Gasteiger partial charge in [-0.25, -0.2) is 13.8 Å². The van der Waals surface area contributed by atoms with E-state index in [9.17, 15) is 32.0 Å². The van der Waals surface area contributed by atoms with Crippen molar-refractivity contribution in [1.29, 1.82) is 5.26 Å². The average molecular weight is 548 g/mol. The van der Waals surface area contributed by atoms with E-state index in [4.69, 9.17) is 16.3 Å².